The van der Waals surface area contributed by atoms with Crippen molar-refractivity contribution >= 4 is 11.8 Å². The predicted molar refractivity (Wildman–Crippen MR) is 103 cm³/mol. The zero-order valence-electron chi connectivity index (χ0n) is 15.8. The highest BCUT2D eigenvalue weighted by Crippen LogP contribution is 2.48. The molecule has 0 aliphatic heterocycles. The highest BCUT2D eigenvalue weighted by atomic mass is 16.4. The Morgan fingerprint density at radius 1 is 1.38 bits per heavy atom. The minimum atomic E-state index is -0.773. The predicted octanol–water partition coefficient (Wildman–Crippen LogP) is 4.45. The molecule has 3 atom stereocenters. The summed E-state index contributed by atoms with van der Waals surface area (Å²) in [4.78, 5) is 22.6. The van der Waals surface area contributed by atoms with E-state index in [0.29, 0.717) is 12.8 Å². The molecule has 2 N–H and O–H groups in total. The van der Waals surface area contributed by atoms with Crippen LogP contribution in [0.2, 0.25) is 0 Å². The first-order chi connectivity index (χ1) is 12.5. The van der Waals surface area contributed by atoms with Crippen molar-refractivity contribution in [1.29, 1.82) is 0 Å². The van der Waals surface area contributed by atoms with Gasteiger partial charge in [-0.05, 0) is 50.0 Å². The Kier molecular flexibility index (Phi) is 7.83. The van der Waals surface area contributed by atoms with Crippen LogP contribution >= 0.6 is 0 Å². The van der Waals surface area contributed by atoms with Crippen LogP contribution in [-0.4, -0.2) is 28.1 Å². The van der Waals surface area contributed by atoms with Crippen molar-refractivity contribution in [2.45, 2.75) is 70.8 Å². The molecule has 144 valence electrons. The molecular formula is C22H32O4. The average Bonchev–Trinajstić information content (AvgIpc) is 2.91. The lowest BCUT2D eigenvalue weighted by Crippen LogP contribution is -2.40. The van der Waals surface area contributed by atoms with Gasteiger partial charge < -0.3 is 10.2 Å². The minimum absolute atomic E-state index is 0.0413. The van der Waals surface area contributed by atoms with E-state index in [1.165, 1.54) is 6.42 Å². The third-order valence-corrected chi connectivity index (χ3v) is 5.87. The van der Waals surface area contributed by atoms with Gasteiger partial charge in [-0.1, -0.05) is 50.1 Å². The SMILES string of the molecule is CCCC1(C(O)C=C[C@H]2C=CC(=O)[C@@H]2CC=CCCCC(=O)O)CCC1. The van der Waals surface area contributed by atoms with Gasteiger partial charge in [0, 0.05) is 18.3 Å². The second kappa shape index (κ2) is 9.86. The van der Waals surface area contributed by atoms with E-state index in [9.17, 15) is 14.7 Å². The van der Waals surface area contributed by atoms with Crippen LogP contribution in [0.4, 0.5) is 0 Å². The van der Waals surface area contributed by atoms with E-state index < -0.39 is 12.1 Å². The molecule has 2 aliphatic carbocycles. The molecule has 0 saturated heterocycles. The second-order valence-electron chi connectivity index (χ2n) is 7.73. The van der Waals surface area contributed by atoms with Crippen molar-refractivity contribution in [2.75, 3.05) is 0 Å². The van der Waals surface area contributed by atoms with Crippen LogP contribution in [0.1, 0.15) is 64.7 Å². The molecule has 4 nitrogen and oxygen atoms in total. The van der Waals surface area contributed by atoms with Crippen molar-refractivity contribution in [3.8, 4) is 0 Å². The molecule has 1 unspecified atom stereocenters. The molecule has 0 aromatic carbocycles. The lowest BCUT2D eigenvalue weighted by molar-refractivity contribution is -0.137. The number of carbonyl (C=O) groups is 2. The Hall–Kier alpha value is -1.68. The molecule has 0 radical (unpaired) electrons. The van der Waals surface area contributed by atoms with Gasteiger partial charge >= 0.3 is 5.97 Å². The first-order valence-electron chi connectivity index (χ1n) is 9.94. The lowest BCUT2D eigenvalue weighted by atomic mass is 9.62. The summed E-state index contributed by atoms with van der Waals surface area (Å²) in [6.07, 6.45) is 18.7. The molecule has 2 rings (SSSR count). The smallest absolute Gasteiger partial charge is 0.303 e. The number of aliphatic carboxylic acids is 1. The maximum absolute atomic E-state index is 12.1. The molecule has 0 bridgehead atoms. The summed E-state index contributed by atoms with van der Waals surface area (Å²) in [5.74, 6) is -0.696. The number of aliphatic hydroxyl groups is 1. The summed E-state index contributed by atoms with van der Waals surface area (Å²) in [5, 5.41) is 19.2. The zero-order valence-corrected chi connectivity index (χ0v) is 15.8. The summed E-state index contributed by atoms with van der Waals surface area (Å²) in [6.45, 7) is 2.16. The lowest BCUT2D eigenvalue weighted by Gasteiger charge is -2.45. The van der Waals surface area contributed by atoms with Gasteiger partial charge in [-0.2, -0.15) is 0 Å². The van der Waals surface area contributed by atoms with Gasteiger partial charge in [0.2, 0.25) is 0 Å². The number of carboxylic acid groups (broad SMARTS) is 1. The highest BCUT2D eigenvalue weighted by molar-refractivity contribution is 5.95. The van der Waals surface area contributed by atoms with Crippen molar-refractivity contribution in [3.63, 3.8) is 0 Å². The topological polar surface area (TPSA) is 74.6 Å². The first kappa shape index (κ1) is 20.6. The first-order valence-corrected chi connectivity index (χ1v) is 9.94. The van der Waals surface area contributed by atoms with E-state index in [0.717, 1.165) is 32.1 Å². The van der Waals surface area contributed by atoms with Gasteiger partial charge in [0.15, 0.2) is 5.78 Å². The number of allylic oxidation sites excluding steroid dienone is 5. The number of aliphatic hydroxyl groups excluding tert-OH is 1. The van der Waals surface area contributed by atoms with Gasteiger partial charge in [-0.3, -0.25) is 9.59 Å². The van der Waals surface area contributed by atoms with Crippen molar-refractivity contribution in [3.05, 3.63) is 36.5 Å². The third-order valence-electron chi connectivity index (χ3n) is 5.87. The van der Waals surface area contributed by atoms with Crippen molar-refractivity contribution in [2.24, 2.45) is 17.3 Å². The molecule has 0 spiro atoms. The average molecular weight is 360 g/mol. The molecule has 0 heterocycles. The van der Waals surface area contributed by atoms with Gasteiger partial charge in [-0.15, -0.1) is 0 Å². The Labute approximate surface area is 156 Å². The molecule has 0 aromatic rings. The number of hydrogen-bond donors (Lipinski definition) is 2. The summed E-state index contributed by atoms with van der Waals surface area (Å²) < 4.78 is 0. The Bertz CT molecular complexity index is 569. The van der Waals surface area contributed by atoms with Gasteiger partial charge in [-0.25, -0.2) is 0 Å². The maximum atomic E-state index is 12.1. The number of unbranched alkanes of at least 4 members (excludes halogenated alkanes) is 1. The van der Waals surface area contributed by atoms with E-state index in [2.05, 4.69) is 6.92 Å². The highest BCUT2D eigenvalue weighted by Gasteiger charge is 2.41. The molecular weight excluding hydrogens is 328 g/mol. The maximum Gasteiger partial charge on any atom is 0.303 e. The fourth-order valence-electron chi connectivity index (χ4n) is 4.12. The van der Waals surface area contributed by atoms with Crippen LogP contribution in [0.5, 0.6) is 0 Å². The Morgan fingerprint density at radius 2 is 2.15 bits per heavy atom. The monoisotopic (exact) mass is 360 g/mol. The van der Waals surface area contributed by atoms with Crippen molar-refractivity contribution < 1.29 is 19.8 Å². The van der Waals surface area contributed by atoms with Crippen LogP contribution in [0, 0.1) is 17.3 Å². The molecule has 1 saturated carbocycles. The van der Waals surface area contributed by atoms with E-state index in [4.69, 9.17) is 5.11 Å². The van der Waals surface area contributed by atoms with Gasteiger partial charge in [0.1, 0.15) is 0 Å². The summed E-state index contributed by atoms with van der Waals surface area (Å²) in [7, 11) is 0. The van der Waals surface area contributed by atoms with Crippen LogP contribution in [0.25, 0.3) is 0 Å². The molecule has 4 heteroatoms. The summed E-state index contributed by atoms with van der Waals surface area (Å²) >= 11 is 0. The van der Waals surface area contributed by atoms with E-state index >= 15 is 0 Å². The van der Waals surface area contributed by atoms with E-state index in [-0.39, 0.29) is 29.5 Å². The number of rotatable bonds is 11. The van der Waals surface area contributed by atoms with E-state index in [1.807, 2.05) is 30.4 Å². The number of carboxylic acids is 1. The summed E-state index contributed by atoms with van der Waals surface area (Å²) in [5.41, 5.74) is 0.0527. The molecule has 1 fully saturated rings. The second-order valence-corrected chi connectivity index (χ2v) is 7.73. The largest absolute Gasteiger partial charge is 0.481 e. The van der Waals surface area contributed by atoms with Crippen molar-refractivity contribution in [1.82, 2.24) is 0 Å². The fourth-order valence-corrected chi connectivity index (χ4v) is 4.12. The Morgan fingerprint density at radius 3 is 2.77 bits per heavy atom. The number of hydrogen-bond acceptors (Lipinski definition) is 3. The molecule has 2 aliphatic rings. The van der Waals surface area contributed by atoms with Crippen LogP contribution in [0.15, 0.2) is 36.5 Å². The standard InChI is InChI=1S/C22H32O4/c1-2-14-22(15-7-16-22)20(24)13-11-17-10-12-19(23)18(17)8-5-3-4-6-9-21(25)26/h3,5,10-13,17-18,20,24H,2,4,6-9,14-16H2,1H3,(H,25,26)/t17-,18-,20?/m1/s1. The van der Waals surface area contributed by atoms with Crippen LogP contribution < -0.4 is 0 Å². The molecule has 0 aromatic heterocycles. The number of ketones is 1. The van der Waals surface area contributed by atoms with Crippen LogP contribution in [0.3, 0.4) is 0 Å². The molecule has 26 heavy (non-hydrogen) atoms. The zero-order chi connectivity index (χ0) is 19.0. The van der Waals surface area contributed by atoms with Crippen LogP contribution in [-0.2, 0) is 9.59 Å². The quantitative estimate of drug-likeness (QED) is 0.422. The van der Waals surface area contributed by atoms with Gasteiger partial charge in [0.05, 0.1) is 6.10 Å². The molecule has 0 amide bonds. The van der Waals surface area contributed by atoms with Gasteiger partial charge in [0.25, 0.3) is 0 Å². The fraction of sp³-hybridized carbons (Fsp3) is 0.636. The number of carbonyl (C=O) groups excluding carboxylic acids is 1. The normalized spacial score (nSPS) is 25.8. The summed E-state index contributed by atoms with van der Waals surface area (Å²) in [6, 6.07) is 0. The minimum Gasteiger partial charge on any atom is -0.481 e. The Balaban J connectivity index is 1.85. The van der Waals surface area contributed by atoms with E-state index in [1.54, 1.807) is 6.08 Å². The third kappa shape index (κ3) is 5.41.